The van der Waals surface area contributed by atoms with Crippen LogP contribution in [0.25, 0.3) is 0 Å². The fraction of sp³-hybridized carbons (Fsp3) is 0.588. The van der Waals surface area contributed by atoms with Crippen LogP contribution in [0.1, 0.15) is 38.1 Å². The first-order valence-corrected chi connectivity index (χ1v) is 8.54. The van der Waals surface area contributed by atoms with Gasteiger partial charge in [0.05, 0.1) is 14.2 Å². The summed E-state index contributed by atoms with van der Waals surface area (Å²) in [7, 11) is 3.27. The van der Waals surface area contributed by atoms with Crippen molar-refractivity contribution in [3.8, 4) is 11.5 Å². The minimum atomic E-state index is -0.00659. The summed E-state index contributed by atoms with van der Waals surface area (Å²) in [6, 6.07) is 5.84. The number of ether oxygens (including phenoxy) is 2. The van der Waals surface area contributed by atoms with E-state index in [2.05, 4.69) is 20.8 Å². The van der Waals surface area contributed by atoms with Gasteiger partial charge >= 0.3 is 0 Å². The Hall–Kier alpha value is -1.36. The molecule has 4 nitrogen and oxygen atoms in total. The van der Waals surface area contributed by atoms with Crippen molar-refractivity contribution in [3.63, 3.8) is 0 Å². The lowest BCUT2D eigenvalue weighted by Gasteiger charge is -2.28. The molecular weight excluding hydrogens is 298 g/mol. The van der Waals surface area contributed by atoms with E-state index in [9.17, 15) is 4.79 Å². The van der Waals surface area contributed by atoms with Gasteiger partial charge < -0.3 is 14.4 Å². The molecule has 1 aromatic carbocycles. The molecule has 0 saturated carbocycles. The molecule has 0 aliphatic carbocycles. The molecule has 0 bridgehead atoms. The molecule has 0 N–H and O–H groups in total. The van der Waals surface area contributed by atoms with Crippen molar-refractivity contribution in [2.45, 2.75) is 32.6 Å². The summed E-state index contributed by atoms with van der Waals surface area (Å²) in [6.45, 7) is 7.06. The molecule has 2 rings (SSSR count). The largest absolute Gasteiger partial charge is 0.493 e. The van der Waals surface area contributed by atoms with Crippen molar-refractivity contribution in [3.05, 3.63) is 23.8 Å². The minimum Gasteiger partial charge on any atom is -0.493 e. The Balaban J connectivity index is 2.29. The van der Waals surface area contributed by atoms with Gasteiger partial charge in [-0.1, -0.05) is 32.9 Å². The topological polar surface area (TPSA) is 38.8 Å². The standard InChI is InChI=1S/C17H25NO3S/c1-17(2,3)11-14(19)18-9-10-22-16(18)12-7-6-8-13(20-4)15(12)21-5/h6-8,16H,9-11H2,1-5H3/t16-/m1/s1. The Kier molecular flexibility index (Phi) is 5.27. The molecule has 1 aliphatic rings. The van der Waals surface area contributed by atoms with Gasteiger partial charge in [-0.2, -0.15) is 0 Å². The molecule has 1 heterocycles. The number of carbonyl (C=O) groups excluding carboxylic acids is 1. The van der Waals surface area contributed by atoms with E-state index in [4.69, 9.17) is 9.47 Å². The van der Waals surface area contributed by atoms with E-state index < -0.39 is 0 Å². The van der Waals surface area contributed by atoms with Crippen molar-refractivity contribution in [2.75, 3.05) is 26.5 Å². The number of carbonyl (C=O) groups is 1. The van der Waals surface area contributed by atoms with E-state index >= 15 is 0 Å². The van der Waals surface area contributed by atoms with Crippen LogP contribution < -0.4 is 9.47 Å². The lowest BCUT2D eigenvalue weighted by Crippen LogP contribution is -2.33. The quantitative estimate of drug-likeness (QED) is 0.846. The second-order valence-electron chi connectivity index (χ2n) is 6.63. The molecule has 1 aromatic rings. The lowest BCUT2D eigenvalue weighted by molar-refractivity contribution is -0.133. The van der Waals surface area contributed by atoms with Crippen LogP contribution in [-0.2, 0) is 4.79 Å². The third-order valence-electron chi connectivity index (χ3n) is 3.59. The summed E-state index contributed by atoms with van der Waals surface area (Å²) in [6.07, 6.45) is 0.552. The first-order chi connectivity index (χ1) is 10.4. The van der Waals surface area contributed by atoms with Crippen LogP contribution in [0.5, 0.6) is 11.5 Å². The Morgan fingerprint density at radius 1 is 1.32 bits per heavy atom. The Bertz CT molecular complexity index is 539. The predicted molar refractivity (Wildman–Crippen MR) is 90.5 cm³/mol. The number of benzene rings is 1. The van der Waals surface area contributed by atoms with Crippen LogP contribution in [0.3, 0.4) is 0 Å². The van der Waals surface area contributed by atoms with Crippen molar-refractivity contribution >= 4 is 17.7 Å². The van der Waals surface area contributed by atoms with Gasteiger partial charge in [-0.25, -0.2) is 0 Å². The highest BCUT2D eigenvalue weighted by Crippen LogP contribution is 2.45. The van der Waals surface area contributed by atoms with Gasteiger partial charge in [0.2, 0.25) is 5.91 Å². The zero-order valence-electron chi connectivity index (χ0n) is 14.0. The van der Waals surface area contributed by atoms with Gasteiger partial charge in [0.1, 0.15) is 5.37 Å². The van der Waals surface area contributed by atoms with E-state index in [1.807, 2.05) is 23.1 Å². The van der Waals surface area contributed by atoms with Crippen LogP contribution in [0.4, 0.5) is 0 Å². The zero-order chi connectivity index (χ0) is 16.3. The number of hydrogen-bond acceptors (Lipinski definition) is 4. The molecule has 1 fully saturated rings. The highest BCUT2D eigenvalue weighted by atomic mass is 32.2. The maximum absolute atomic E-state index is 12.6. The molecule has 0 unspecified atom stereocenters. The van der Waals surface area contributed by atoms with E-state index in [0.29, 0.717) is 12.2 Å². The van der Waals surface area contributed by atoms with Gasteiger partial charge in [-0.3, -0.25) is 4.79 Å². The average molecular weight is 323 g/mol. The van der Waals surface area contributed by atoms with Gasteiger partial charge in [0, 0.05) is 24.3 Å². The van der Waals surface area contributed by atoms with E-state index in [1.165, 1.54) is 0 Å². The molecule has 1 saturated heterocycles. The molecular formula is C17H25NO3S. The number of amides is 1. The van der Waals surface area contributed by atoms with E-state index in [-0.39, 0.29) is 16.7 Å². The first-order valence-electron chi connectivity index (χ1n) is 7.49. The lowest BCUT2D eigenvalue weighted by atomic mass is 9.91. The van der Waals surface area contributed by atoms with Gasteiger partial charge in [0.15, 0.2) is 11.5 Å². The van der Waals surface area contributed by atoms with Crippen molar-refractivity contribution in [1.82, 2.24) is 4.90 Å². The number of hydrogen-bond donors (Lipinski definition) is 0. The van der Waals surface area contributed by atoms with Crippen LogP contribution in [0, 0.1) is 5.41 Å². The first kappa shape index (κ1) is 17.0. The van der Waals surface area contributed by atoms with Crippen LogP contribution in [0.15, 0.2) is 18.2 Å². The monoisotopic (exact) mass is 323 g/mol. The van der Waals surface area contributed by atoms with Crippen molar-refractivity contribution in [1.29, 1.82) is 0 Å². The number of rotatable bonds is 4. The number of para-hydroxylation sites is 1. The Morgan fingerprint density at radius 2 is 2.05 bits per heavy atom. The predicted octanol–water partition coefficient (Wildman–Crippen LogP) is 3.71. The van der Waals surface area contributed by atoms with E-state index in [0.717, 1.165) is 23.6 Å². The second-order valence-corrected chi connectivity index (χ2v) is 7.82. The average Bonchev–Trinajstić information content (AvgIpc) is 2.93. The SMILES string of the molecule is COc1cccc([C@H]2SCCN2C(=O)CC(C)(C)C)c1OC. The number of methoxy groups -OCH3 is 2. The van der Waals surface area contributed by atoms with Crippen LogP contribution in [0.2, 0.25) is 0 Å². The summed E-state index contributed by atoms with van der Waals surface area (Å²) in [5, 5.41) is -0.0000926. The van der Waals surface area contributed by atoms with Crippen molar-refractivity contribution in [2.24, 2.45) is 5.41 Å². The normalized spacial score (nSPS) is 18.4. The highest BCUT2D eigenvalue weighted by Gasteiger charge is 2.34. The molecule has 1 aliphatic heterocycles. The van der Waals surface area contributed by atoms with E-state index in [1.54, 1.807) is 26.0 Å². The molecule has 122 valence electrons. The third kappa shape index (κ3) is 3.69. The summed E-state index contributed by atoms with van der Waals surface area (Å²) in [5.41, 5.74) is 1.000. The second kappa shape index (κ2) is 6.82. The van der Waals surface area contributed by atoms with Crippen LogP contribution in [-0.4, -0.2) is 37.3 Å². The molecule has 1 amide bonds. The Labute approximate surface area is 137 Å². The molecule has 0 aromatic heterocycles. The van der Waals surface area contributed by atoms with Gasteiger partial charge in [-0.05, 0) is 11.5 Å². The molecule has 5 heteroatoms. The fourth-order valence-corrected chi connectivity index (χ4v) is 3.94. The van der Waals surface area contributed by atoms with Gasteiger partial charge in [0.25, 0.3) is 0 Å². The molecule has 1 atom stereocenters. The summed E-state index contributed by atoms with van der Waals surface area (Å²) >= 11 is 1.78. The zero-order valence-corrected chi connectivity index (χ0v) is 14.8. The Morgan fingerprint density at radius 3 is 2.64 bits per heavy atom. The minimum absolute atomic E-state index is 0.0000926. The number of thioether (sulfide) groups is 1. The highest BCUT2D eigenvalue weighted by molar-refractivity contribution is 7.99. The van der Waals surface area contributed by atoms with Crippen LogP contribution >= 0.6 is 11.8 Å². The third-order valence-corrected chi connectivity index (χ3v) is 4.83. The summed E-state index contributed by atoms with van der Waals surface area (Å²) in [4.78, 5) is 14.6. The van der Waals surface area contributed by atoms with Crippen molar-refractivity contribution < 1.29 is 14.3 Å². The maximum atomic E-state index is 12.6. The summed E-state index contributed by atoms with van der Waals surface area (Å²) in [5.74, 6) is 2.57. The molecule has 0 radical (unpaired) electrons. The smallest absolute Gasteiger partial charge is 0.224 e. The fourth-order valence-electron chi connectivity index (χ4n) is 2.64. The van der Waals surface area contributed by atoms with Gasteiger partial charge in [-0.15, -0.1) is 11.8 Å². The summed E-state index contributed by atoms with van der Waals surface area (Å²) < 4.78 is 10.9. The molecule has 22 heavy (non-hydrogen) atoms. The maximum Gasteiger partial charge on any atom is 0.224 e. The molecule has 0 spiro atoms. The number of nitrogens with zero attached hydrogens (tertiary/aromatic N) is 1.